The summed E-state index contributed by atoms with van der Waals surface area (Å²) in [4.78, 5) is 3.60. The molecule has 3 nitrogen and oxygen atoms in total. The van der Waals surface area contributed by atoms with Gasteiger partial charge in [0.15, 0.2) is 0 Å². The van der Waals surface area contributed by atoms with Crippen LogP contribution in [0.25, 0.3) is 10.9 Å². The Morgan fingerprint density at radius 1 is 0.857 bits per heavy atom. The van der Waals surface area contributed by atoms with Crippen molar-refractivity contribution in [1.82, 2.24) is 10.3 Å². The monoisotopic (exact) mass is 277 g/mol. The number of hydrogen-bond acceptors (Lipinski definition) is 2. The molecule has 0 atom stereocenters. The molecule has 3 N–H and O–H groups in total. The SMILES string of the molecule is c1ccc(Nc2cccc3[nH]c4c(c23)CCNCC4)cc1. The predicted octanol–water partition coefficient (Wildman–Crippen LogP) is 3.60. The molecule has 0 radical (unpaired) electrons. The first kappa shape index (κ1) is 12.5. The average Bonchev–Trinajstić information content (AvgIpc) is 2.72. The van der Waals surface area contributed by atoms with Gasteiger partial charge in [0, 0.05) is 40.9 Å². The number of nitrogens with one attached hydrogen (secondary N) is 3. The van der Waals surface area contributed by atoms with Crippen molar-refractivity contribution in [3.8, 4) is 0 Å². The van der Waals surface area contributed by atoms with E-state index in [0.29, 0.717) is 0 Å². The molecule has 0 spiro atoms. The minimum Gasteiger partial charge on any atom is -0.358 e. The van der Waals surface area contributed by atoms with Gasteiger partial charge in [0.25, 0.3) is 0 Å². The van der Waals surface area contributed by atoms with Crippen LogP contribution in [0.2, 0.25) is 0 Å². The first-order valence-corrected chi connectivity index (χ1v) is 7.57. The van der Waals surface area contributed by atoms with Crippen LogP contribution in [0.1, 0.15) is 11.3 Å². The van der Waals surface area contributed by atoms with Gasteiger partial charge in [-0.2, -0.15) is 0 Å². The number of anilines is 2. The zero-order valence-electron chi connectivity index (χ0n) is 11.9. The molecule has 2 aromatic carbocycles. The first-order chi connectivity index (χ1) is 10.4. The third-order valence-electron chi connectivity index (χ3n) is 4.17. The fourth-order valence-corrected chi connectivity index (χ4v) is 3.19. The zero-order valence-corrected chi connectivity index (χ0v) is 11.9. The molecule has 2 heterocycles. The molecule has 1 aromatic heterocycles. The second-order valence-corrected chi connectivity index (χ2v) is 5.55. The molecule has 0 bridgehead atoms. The maximum Gasteiger partial charge on any atom is 0.0482 e. The molecule has 0 saturated carbocycles. The van der Waals surface area contributed by atoms with Gasteiger partial charge in [0.1, 0.15) is 0 Å². The van der Waals surface area contributed by atoms with Crippen LogP contribution in [-0.2, 0) is 12.8 Å². The summed E-state index contributed by atoms with van der Waals surface area (Å²) < 4.78 is 0. The van der Waals surface area contributed by atoms with Gasteiger partial charge in [0.2, 0.25) is 0 Å². The standard InChI is InChI=1S/C18H19N3/c1-2-5-13(6-3-1)20-16-7-4-8-17-18(16)14-9-11-19-12-10-15(14)21-17/h1-8,19-21H,9-12H2. The number of aromatic amines is 1. The van der Waals surface area contributed by atoms with E-state index in [9.17, 15) is 0 Å². The van der Waals surface area contributed by atoms with Crippen molar-refractivity contribution < 1.29 is 0 Å². The highest BCUT2D eigenvalue weighted by molar-refractivity contribution is 5.97. The summed E-state index contributed by atoms with van der Waals surface area (Å²) in [6, 6.07) is 16.8. The fraction of sp³-hybridized carbons (Fsp3) is 0.222. The number of rotatable bonds is 2. The molecule has 4 rings (SSSR count). The van der Waals surface area contributed by atoms with Crippen molar-refractivity contribution in [3.05, 3.63) is 59.8 Å². The summed E-state index contributed by atoms with van der Waals surface area (Å²) in [5.41, 5.74) is 6.42. The summed E-state index contributed by atoms with van der Waals surface area (Å²) in [6.07, 6.45) is 2.16. The smallest absolute Gasteiger partial charge is 0.0482 e. The lowest BCUT2D eigenvalue weighted by atomic mass is 10.1. The van der Waals surface area contributed by atoms with Gasteiger partial charge in [-0.15, -0.1) is 0 Å². The van der Waals surface area contributed by atoms with E-state index in [4.69, 9.17) is 0 Å². The van der Waals surface area contributed by atoms with Gasteiger partial charge in [-0.05, 0) is 42.8 Å². The van der Waals surface area contributed by atoms with Gasteiger partial charge in [-0.25, -0.2) is 0 Å². The Bertz CT molecular complexity index is 759. The maximum absolute atomic E-state index is 3.60. The van der Waals surface area contributed by atoms with Crippen LogP contribution in [0.5, 0.6) is 0 Å². The number of benzene rings is 2. The van der Waals surface area contributed by atoms with E-state index in [1.165, 1.54) is 27.8 Å². The molecule has 0 aliphatic carbocycles. The number of fused-ring (bicyclic) bond motifs is 3. The van der Waals surface area contributed by atoms with E-state index < -0.39 is 0 Å². The van der Waals surface area contributed by atoms with Crippen LogP contribution in [0.3, 0.4) is 0 Å². The third kappa shape index (κ3) is 2.30. The Hall–Kier alpha value is -2.26. The van der Waals surface area contributed by atoms with Crippen molar-refractivity contribution in [2.24, 2.45) is 0 Å². The molecule has 0 saturated heterocycles. The van der Waals surface area contributed by atoms with E-state index in [2.05, 4.69) is 58.1 Å². The molecule has 106 valence electrons. The topological polar surface area (TPSA) is 39.9 Å². The second-order valence-electron chi connectivity index (χ2n) is 5.55. The highest BCUT2D eigenvalue weighted by Gasteiger charge is 2.16. The predicted molar refractivity (Wildman–Crippen MR) is 88.3 cm³/mol. The Balaban J connectivity index is 1.83. The van der Waals surface area contributed by atoms with E-state index in [-0.39, 0.29) is 0 Å². The van der Waals surface area contributed by atoms with E-state index >= 15 is 0 Å². The van der Waals surface area contributed by atoms with Crippen LogP contribution in [0.4, 0.5) is 11.4 Å². The Kier molecular flexibility index (Phi) is 3.13. The van der Waals surface area contributed by atoms with E-state index in [1.54, 1.807) is 0 Å². The second kappa shape index (κ2) is 5.26. The van der Waals surface area contributed by atoms with Crippen LogP contribution in [-0.4, -0.2) is 18.1 Å². The van der Waals surface area contributed by atoms with Crippen LogP contribution >= 0.6 is 0 Å². The molecule has 1 aliphatic heterocycles. The van der Waals surface area contributed by atoms with E-state index in [0.717, 1.165) is 31.6 Å². The summed E-state index contributed by atoms with van der Waals surface area (Å²) in [5, 5.41) is 8.38. The summed E-state index contributed by atoms with van der Waals surface area (Å²) in [5.74, 6) is 0. The fourth-order valence-electron chi connectivity index (χ4n) is 3.19. The molecule has 0 fully saturated rings. The molecule has 1 aliphatic rings. The summed E-state index contributed by atoms with van der Waals surface area (Å²) >= 11 is 0. The minimum absolute atomic E-state index is 1.06. The maximum atomic E-state index is 3.60. The highest BCUT2D eigenvalue weighted by Crippen LogP contribution is 2.32. The molecular weight excluding hydrogens is 258 g/mol. The van der Waals surface area contributed by atoms with Gasteiger partial charge >= 0.3 is 0 Å². The third-order valence-corrected chi connectivity index (χ3v) is 4.17. The Morgan fingerprint density at radius 2 is 1.71 bits per heavy atom. The van der Waals surface area contributed by atoms with Gasteiger partial charge < -0.3 is 15.6 Å². The number of para-hydroxylation sites is 1. The minimum atomic E-state index is 1.06. The summed E-state index contributed by atoms with van der Waals surface area (Å²) in [7, 11) is 0. The van der Waals surface area contributed by atoms with Crippen LogP contribution < -0.4 is 10.6 Å². The Labute approximate surface area is 124 Å². The van der Waals surface area contributed by atoms with Crippen LogP contribution in [0, 0.1) is 0 Å². The van der Waals surface area contributed by atoms with Gasteiger partial charge in [-0.1, -0.05) is 24.3 Å². The quantitative estimate of drug-likeness (QED) is 0.670. The molecular formula is C18H19N3. The van der Waals surface area contributed by atoms with Crippen molar-refractivity contribution in [1.29, 1.82) is 0 Å². The number of aromatic nitrogens is 1. The van der Waals surface area contributed by atoms with Crippen LogP contribution in [0.15, 0.2) is 48.5 Å². The molecule has 0 amide bonds. The normalized spacial score (nSPS) is 14.7. The molecule has 21 heavy (non-hydrogen) atoms. The number of H-pyrrole nitrogens is 1. The van der Waals surface area contributed by atoms with Crippen molar-refractivity contribution >= 4 is 22.3 Å². The molecule has 3 heteroatoms. The first-order valence-electron chi connectivity index (χ1n) is 7.57. The van der Waals surface area contributed by atoms with Gasteiger partial charge in [0.05, 0.1) is 0 Å². The highest BCUT2D eigenvalue weighted by atomic mass is 14.9. The molecule has 0 unspecified atom stereocenters. The van der Waals surface area contributed by atoms with E-state index in [1.807, 2.05) is 6.07 Å². The van der Waals surface area contributed by atoms with Crippen molar-refractivity contribution in [2.75, 3.05) is 18.4 Å². The van der Waals surface area contributed by atoms with Crippen molar-refractivity contribution in [3.63, 3.8) is 0 Å². The molecule has 3 aromatic rings. The zero-order chi connectivity index (χ0) is 14.1. The lowest BCUT2D eigenvalue weighted by Gasteiger charge is -2.09. The largest absolute Gasteiger partial charge is 0.358 e. The summed E-state index contributed by atoms with van der Waals surface area (Å²) in [6.45, 7) is 2.11. The van der Waals surface area contributed by atoms with Gasteiger partial charge in [-0.3, -0.25) is 0 Å². The average molecular weight is 277 g/mol. The van der Waals surface area contributed by atoms with Crippen molar-refractivity contribution in [2.45, 2.75) is 12.8 Å². The lowest BCUT2D eigenvalue weighted by molar-refractivity contribution is 0.708. The number of hydrogen-bond donors (Lipinski definition) is 3. The Morgan fingerprint density at radius 3 is 2.62 bits per heavy atom. The lowest BCUT2D eigenvalue weighted by Crippen LogP contribution is -2.16.